The van der Waals surface area contributed by atoms with Gasteiger partial charge in [-0.2, -0.15) is 9.97 Å². The zero-order valence-electron chi connectivity index (χ0n) is 21.0. The molecule has 0 amide bonds. The average Bonchev–Trinajstić information content (AvgIpc) is 2.82. The molecule has 2 N–H and O–H groups in total. The third-order valence-electron chi connectivity index (χ3n) is 6.51. The number of piperidine rings is 1. The molecule has 3 heterocycles. The molecule has 4 rings (SSSR count). The van der Waals surface area contributed by atoms with Crippen LogP contribution < -0.4 is 25.3 Å². The van der Waals surface area contributed by atoms with Crippen LogP contribution in [0.15, 0.2) is 36.4 Å². The van der Waals surface area contributed by atoms with Crippen LogP contribution in [0.3, 0.4) is 0 Å². The van der Waals surface area contributed by atoms with Gasteiger partial charge in [0.15, 0.2) is 5.11 Å². The van der Waals surface area contributed by atoms with Crippen LogP contribution in [0.1, 0.15) is 34.1 Å². The molecule has 0 saturated carbocycles. The van der Waals surface area contributed by atoms with E-state index in [-0.39, 0.29) is 0 Å². The molecule has 2 aromatic rings. The Balaban J connectivity index is 1.52. The number of piperazine rings is 1. The number of benzene rings is 1. The van der Waals surface area contributed by atoms with Crippen LogP contribution in [-0.2, 0) is 0 Å². The molecule has 0 radical (unpaired) electrons. The minimum atomic E-state index is 0.514. The van der Waals surface area contributed by atoms with E-state index < -0.39 is 0 Å². The molecule has 2 atom stereocenters. The zero-order chi connectivity index (χ0) is 24.1. The molecule has 2 aliphatic heterocycles. The number of para-hydroxylation sites is 1. The SMILES string of the molecule is CC(C)CNC(=S)Nc1nc(N2CCN(c3ccccc3)CC2)cc(N2C[C@@H](C)C[C@H](C)C2)n1. The minimum absolute atomic E-state index is 0.514. The lowest BCUT2D eigenvalue weighted by Gasteiger charge is -2.38. The number of nitrogens with zero attached hydrogens (tertiary/aromatic N) is 5. The van der Waals surface area contributed by atoms with Crippen molar-refractivity contribution in [1.82, 2.24) is 15.3 Å². The molecule has 0 bridgehead atoms. The fourth-order valence-corrected chi connectivity index (χ4v) is 5.10. The third kappa shape index (κ3) is 6.50. The number of thiocarbonyl (C=S) groups is 1. The third-order valence-corrected chi connectivity index (χ3v) is 6.76. The number of nitrogens with one attached hydrogen (secondary N) is 2. The Morgan fingerprint density at radius 3 is 2.15 bits per heavy atom. The molecule has 0 unspecified atom stereocenters. The summed E-state index contributed by atoms with van der Waals surface area (Å²) in [5, 5.41) is 7.10. The van der Waals surface area contributed by atoms with E-state index in [0.717, 1.165) is 57.4 Å². The van der Waals surface area contributed by atoms with Crippen molar-refractivity contribution in [2.45, 2.75) is 34.1 Å². The first-order valence-corrected chi connectivity index (χ1v) is 13.0. The van der Waals surface area contributed by atoms with E-state index in [1.165, 1.54) is 12.1 Å². The second kappa shape index (κ2) is 11.2. The van der Waals surface area contributed by atoms with Crippen LogP contribution in [0.5, 0.6) is 0 Å². The van der Waals surface area contributed by atoms with Gasteiger partial charge in [-0.15, -0.1) is 0 Å². The van der Waals surface area contributed by atoms with Gasteiger partial charge in [0, 0.05) is 57.6 Å². The molecule has 2 fully saturated rings. The van der Waals surface area contributed by atoms with Gasteiger partial charge < -0.3 is 25.3 Å². The van der Waals surface area contributed by atoms with Gasteiger partial charge in [-0.25, -0.2) is 0 Å². The van der Waals surface area contributed by atoms with E-state index >= 15 is 0 Å². The first-order chi connectivity index (χ1) is 16.4. The van der Waals surface area contributed by atoms with Crippen molar-refractivity contribution in [3.05, 3.63) is 36.4 Å². The first-order valence-electron chi connectivity index (χ1n) is 12.6. The number of anilines is 4. The Morgan fingerprint density at radius 1 is 0.941 bits per heavy atom. The molecule has 2 saturated heterocycles. The highest BCUT2D eigenvalue weighted by Gasteiger charge is 2.25. The van der Waals surface area contributed by atoms with Gasteiger partial charge in [-0.3, -0.25) is 0 Å². The molecule has 0 spiro atoms. The van der Waals surface area contributed by atoms with Crippen molar-refractivity contribution >= 4 is 40.6 Å². The lowest BCUT2D eigenvalue weighted by atomic mass is 9.92. The van der Waals surface area contributed by atoms with Gasteiger partial charge in [-0.05, 0) is 48.5 Å². The fraction of sp³-hybridized carbons (Fsp3) is 0.577. The van der Waals surface area contributed by atoms with Crippen LogP contribution in [0.25, 0.3) is 0 Å². The lowest BCUT2D eigenvalue weighted by Crippen LogP contribution is -2.47. The van der Waals surface area contributed by atoms with Crippen molar-refractivity contribution in [1.29, 1.82) is 0 Å². The summed E-state index contributed by atoms with van der Waals surface area (Å²) in [5.74, 6) is 4.36. The second-order valence-electron chi connectivity index (χ2n) is 10.3. The normalized spacial score (nSPS) is 21.0. The average molecular weight is 482 g/mol. The number of hydrogen-bond acceptors (Lipinski definition) is 6. The quantitative estimate of drug-likeness (QED) is 0.595. The molecule has 2 aliphatic rings. The summed E-state index contributed by atoms with van der Waals surface area (Å²) in [5.41, 5.74) is 1.28. The highest BCUT2D eigenvalue weighted by molar-refractivity contribution is 7.80. The number of hydrogen-bond donors (Lipinski definition) is 2. The summed E-state index contributed by atoms with van der Waals surface area (Å²) in [6, 6.07) is 12.8. The molecule has 7 nitrogen and oxygen atoms in total. The maximum absolute atomic E-state index is 5.52. The molecule has 8 heteroatoms. The predicted molar refractivity (Wildman–Crippen MR) is 147 cm³/mol. The summed E-state index contributed by atoms with van der Waals surface area (Å²) in [6.07, 6.45) is 1.27. The molecular formula is C26H39N7S. The molecule has 34 heavy (non-hydrogen) atoms. The Kier molecular flexibility index (Phi) is 8.08. The smallest absolute Gasteiger partial charge is 0.232 e. The largest absolute Gasteiger partial charge is 0.368 e. The Labute approximate surface area is 209 Å². The first kappa shape index (κ1) is 24.5. The summed E-state index contributed by atoms with van der Waals surface area (Å²) < 4.78 is 0. The van der Waals surface area contributed by atoms with Gasteiger partial charge in [0.25, 0.3) is 0 Å². The van der Waals surface area contributed by atoms with Crippen LogP contribution in [0.2, 0.25) is 0 Å². The second-order valence-corrected chi connectivity index (χ2v) is 10.7. The van der Waals surface area contributed by atoms with Gasteiger partial charge in [-0.1, -0.05) is 45.9 Å². The molecule has 184 valence electrons. The monoisotopic (exact) mass is 481 g/mol. The topological polar surface area (TPSA) is 59.6 Å². The van der Waals surface area contributed by atoms with E-state index in [4.69, 9.17) is 22.2 Å². The van der Waals surface area contributed by atoms with Gasteiger partial charge in [0.1, 0.15) is 11.6 Å². The van der Waals surface area contributed by atoms with E-state index in [1.54, 1.807) is 0 Å². The number of rotatable bonds is 6. The molecular weight excluding hydrogens is 442 g/mol. The Hall–Kier alpha value is -2.61. The molecule has 1 aromatic heterocycles. The maximum Gasteiger partial charge on any atom is 0.232 e. The van der Waals surface area contributed by atoms with E-state index in [2.05, 4.69) is 89.4 Å². The number of aromatic nitrogens is 2. The van der Waals surface area contributed by atoms with Crippen molar-refractivity contribution in [2.24, 2.45) is 17.8 Å². The van der Waals surface area contributed by atoms with Gasteiger partial charge in [0.2, 0.25) is 5.95 Å². The van der Waals surface area contributed by atoms with Crippen LogP contribution >= 0.6 is 12.2 Å². The summed E-state index contributed by atoms with van der Waals surface area (Å²) >= 11 is 5.52. The van der Waals surface area contributed by atoms with Crippen molar-refractivity contribution in [3.63, 3.8) is 0 Å². The van der Waals surface area contributed by atoms with Crippen molar-refractivity contribution in [3.8, 4) is 0 Å². The van der Waals surface area contributed by atoms with Gasteiger partial charge >= 0.3 is 0 Å². The fourth-order valence-electron chi connectivity index (χ4n) is 4.93. The van der Waals surface area contributed by atoms with Crippen LogP contribution in [0, 0.1) is 17.8 Å². The zero-order valence-corrected chi connectivity index (χ0v) is 21.8. The highest BCUT2D eigenvalue weighted by atomic mass is 32.1. The Bertz CT molecular complexity index is 933. The van der Waals surface area contributed by atoms with E-state index in [9.17, 15) is 0 Å². The van der Waals surface area contributed by atoms with Crippen molar-refractivity contribution < 1.29 is 0 Å². The standard InChI is InChI=1S/C26H39N7S/c1-19(2)16-27-26(34)30-25-28-23(15-24(29-25)33-17-20(3)14-21(4)18-33)32-12-10-31(11-13-32)22-8-6-5-7-9-22/h5-9,15,19-21H,10-14,16-18H2,1-4H3,(H2,27,28,29,30,34)/t20-,21-/m0/s1. The Morgan fingerprint density at radius 2 is 1.53 bits per heavy atom. The minimum Gasteiger partial charge on any atom is -0.368 e. The lowest BCUT2D eigenvalue weighted by molar-refractivity contribution is 0.355. The summed E-state index contributed by atoms with van der Waals surface area (Å²) in [6.45, 7) is 15.7. The van der Waals surface area contributed by atoms with Crippen molar-refractivity contribution in [2.75, 3.05) is 65.8 Å². The summed E-state index contributed by atoms with van der Waals surface area (Å²) in [4.78, 5) is 17.0. The molecule has 1 aromatic carbocycles. The van der Waals surface area contributed by atoms with Gasteiger partial charge in [0.05, 0.1) is 0 Å². The molecule has 0 aliphatic carbocycles. The predicted octanol–water partition coefficient (Wildman–Crippen LogP) is 4.23. The van der Waals surface area contributed by atoms with Crippen LogP contribution in [0.4, 0.5) is 23.3 Å². The van der Waals surface area contributed by atoms with E-state index in [1.807, 2.05) is 0 Å². The van der Waals surface area contributed by atoms with E-state index in [0.29, 0.717) is 28.8 Å². The summed E-state index contributed by atoms with van der Waals surface area (Å²) in [7, 11) is 0. The highest BCUT2D eigenvalue weighted by Crippen LogP contribution is 2.29. The van der Waals surface area contributed by atoms with Crippen LogP contribution in [-0.4, -0.2) is 60.9 Å². The maximum atomic E-state index is 5.52.